The lowest BCUT2D eigenvalue weighted by Gasteiger charge is -2.19. The molecule has 1 aromatic heterocycles. The van der Waals surface area contributed by atoms with Crippen LogP contribution in [0.5, 0.6) is 0 Å². The van der Waals surface area contributed by atoms with Gasteiger partial charge in [-0.3, -0.25) is 0 Å². The molecule has 0 saturated heterocycles. The van der Waals surface area contributed by atoms with Crippen molar-refractivity contribution >= 4 is 23.0 Å². The number of hydrogen-bond acceptors (Lipinski definition) is 4. The molecule has 0 aliphatic rings. The van der Waals surface area contributed by atoms with Gasteiger partial charge in [0.1, 0.15) is 0 Å². The molecule has 25 heavy (non-hydrogen) atoms. The third-order valence-corrected chi connectivity index (χ3v) is 4.94. The number of para-hydroxylation sites is 1. The molecular formula is C19H29N5S. The maximum Gasteiger partial charge on any atom is 0.191 e. The topological polar surface area (TPSA) is 52.6 Å². The fraction of sp³-hybridized carbons (Fsp3) is 0.474. The zero-order valence-corrected chi connectivity index (χ0v) is 16.5. The van der Waals surface area contributed by atoms with Crippen molar-refractivity contribution in [3.8, 4) is 0 Å². The van der Waals surface area contributed by atoms with Crippen molar-refractivity contribution in [2.45, 2.75) is 33.7 Å². The molecule has 6 heteroatoms. The van der Waals surface area contributed by atoms with Crippen LogP contribution in [0.2, 0.25) is 0 Å². The van der Waals surface area contributed by atoms with Crippen molar-refractivity contribution in [1.82, 2.24) is 15.6 Å². The van der Waals surface area contributed by atoms with Crippen molar-refractivity contribution in [3.05, 3.63) is 45.9 Å². The smallest absolute Gasteiger partial charge is 0.191 e. The first-order chi connectivity index (χ1) is 12.1. The van der Waals surface area contributed by atoms with Crippen LogP contribution in [0, 0.1) is 13.8 Å². The number of nitrogens with zero attached hydrogens (tertiary/aromatic N) is 3. The molecule has 0 spiro atoms. The van der Waals surface area contributed by atoms with E-state index in [1.54, 1.807) is 11.3 Å². The van der Waals surface area contributed by atoms with Gasteiger partial charge in [-0.2, -0.15) is 0 Å². The van der Waals surface area contributed by atoms with Crippen LogP contribution < -0.4 is 15.5 Å². The van der Waals surface area contributed by atoms with E-state index in [1.807, 2.05) is 19.9 Å². The molecule has 0 atom stereocenters. The zero-order chi connectivity index (χ0) is 18.1. The second-order valence-corrected chi connectivity index (χ2v) is 7.26. The average molecular weight is 360 g/mol. The number of thiazole rings is 1. The van der Waals surface area contributed by atoms with Crippen molar-refractivity contribution in [3.63, 3.8) is 0 Å². The van der Waals surface area contributed by atoms with Gasteiger partial charge >= 0.3 is 0 Å². The quantitative estimate of drug-likeness (QED) is 0.431. The minimum absolute atomic E-state index is 0.677. The fourth-order valence-corrected chi connectivity index (χ4v) is 3.41. The molecule has 0 aliphatic carbocycles. The number of rotatable bonds is 8. The molecule has 2 rings (SSSR count). The SMILES string of the molecule is CCNC(=NCc1sc(C)nc1C)NCCCN(C)c1ccccc1. The zero-order valence-electron chi connectivity index (χ0n) is 15.7. The highest BCUT2D eigenvalue weighted by atomic mass is 32.1. The summed E-state index contributed by atoms with van der Waals surface area (Å²) in [5.41, 5.74) is 2.34. The number of benzene rings is 1. The summed E-state index contributed by atoms with van der Waals surface area (Å²) in [5.74, 6) is 0.871. The minimum atomic E-state index is 0.677. The highest BCUT2D eigenvalue weighted by Crippen LogP contribution is 2.17. The number of aliphatic imine (C=N–C) groups is 1. The van der Waals surface area contributed by atoms with Crippen LogP contribution in [-0.2, 0) is 6.54 Å². The van der Waals surface area contributed by atoms with Crippen molar-refractivity contribution in [1.29, 1.82) is 0 Å². The van der Waals surface area contributed by atoms with Crippen LogP contribution in [0.4, 0.5) is 5.69 Å². The Hall–Kier alpha value is -2.08. The first kappa shape index (κ1) is 19.2. The lowest BCUT2D eigenvalue weighted by Crippen LogP contribution is -2.38. The maximum absolute atomic E-state index is 4.68. The van der Waals surface area contributed by atoms with Gasteiger partial charge in [-0.05, 0) is 39.3 Å². The Bertz CT molecular complexity index is 666. The van der Waals surface area contributed by atoms with Crippen LogP contribution in [0.25, 0.3) is 0 Å². The molecule has 0 amide bonds. The van der Waals surface area contributed by atoms with Crippen LogP contribution >= 0.6 is 11.3 Å². The fourth-order valence-electron chi connectivity index (χ4n) is 2.55. The monoisotopic (exact) mass is 359 g/mol. The summed E-state index contributed by atoms with van der Waals surface area (Å²) in [6.07, 6.45) is 1.05. The molecule has 0 saturated carbocycles. The highest BCUT2D eigenvalue weighted by molar-refractivity contribution is 7.11. The Morgan fingerprint density at radius 2 is 1.96 bits per heavy atom. The van der Waals surface area contributed by atoms with E-state index in [0.717, 1.165) is 42.7 Å². The Balaban J connectivity index is 1.79. The average Bonchev–Trinajstić information content (AvgIpc) is 2.94. The first-order valence-corrected chi connectivity index (χ1v) is 9.63. The molecule has 136 valence electrons. The maximum atomic E-state index is 4.68. The van der Waals surface area contributed by atoms with Gasteiger partial charge in [-0.1, -0.05) is 18.2 Å². The third-order valence-electron chi connectivity index (χ3n) is 3.88. The van der Waals surface area contributed by atoms with Crippen molar-refractivity contribution in [2.75, 3.05) is 31.6 Å². The van der Waals surface area contributed by atoms with Gasteiger partial charge in [0.25, 0.3) is 0 Å². The number of aryl methyl sites for hydroxylation is 2. The molecule has 2 N–H and O–H groups in total. The Morgan fingerprint density at radius 3 is 2.60 bits per heavy atom. The molecule has 0 fully saturated rings. The van der Waals surface area contributed by atoms with Gasteiger partial charge in [0.2, 0.25) is 0 Å². The van der Waals surface area contributed by atoms with Crippen molar-refractivity contribution in [2.24, 2.45) is 4.99 Å². The van der Waals surface area contributed by atoms with Gasteiger partial charge in [0, 0.05) is 37.2 Å². The summed E-state index contributed by atoms with van der Waals surface area (Å²) in [7, 11) is 2.13. The van der Waals surface area contributed by atoms with E-state index in [-0.39, 0.29) is 0 Å². The van der Waals surface area contributed by atoms with E-state index in [1.165, 1.54) is 10.6 Å². The highest BCUT2D eigenvalue weighted by Gasteiger charge is 2.05. The Labute approximate surface area is 155 Å². The predicted molar refractivity (Wildman–Crippen MR) is 109 cm³/mol. The first-order valence-electron chi connectivity index (χ1n) is 8.81. The molecular weight excluding hydrogens is 330 g/mol. The molecule has 1 heterocycles. The number of anilines is 1. The van der Waals surface area contributed by atoms with Gasteiger partial charge in [0.15, 0.2) is 5.96 Å². The Kier molecular flexibility index (Phi) is 7.73. The summed E-state index contributed by atoms with van der Waals surface area (Å²) < 4.78 is 0. The van der Waals surface area contributed by atoms with Crippen LogP contribution in [0.3, 0.4) is 0 Å². The third kappa shape index (κ3) is 6.38. The molecule has 0 radical (unpaired) electrons. The van der Waals surface area contributed by atoms with Gasteiger partial charge in [0.05, 0.1) is 17.2 Å². The molecule has 0 bridgehead atoms. The van der Waals surface area contributed by atoms with Crippen LogP contribution in [-0.4, -0.2) is 37.6 Å². The molecule has 1 aromatic carbocycles. The molecule has 5 nitrogen and oxygen atoms in total. The summed E-state index contributed by atoms with van der Waals surface area (Å²) in [6, 6.07) is 10.5. The van der Waals surface area contributed by atoms with E-state index < -0.39 is 0 Å². The van der Waals surface area contributed by atoms with Crippen LogP contribution in [0.15, 0.2) is 35.3 Å². The lowest BCUT2D eigenvalue weighted by atomic mass is 10.3. The standard InChI is InChI=1S/C19H29N5S/c1-5-20-19(22-14-18-15(2)23-16(3)25-18)21-12-9-13-24(4)17-10-7-6-8-11-17/h6-8,10-11H,5,9,12-14H2,1-4H3,(H2,20,21,22). The number of guanidine groups is 1. The summed E-state index contributed by atoms with van der Waals surface area (Å²) >= 11 is 1.72. The van der Waals surface area contributed by atoms with Crippen LogP contribution in [0.1, 0.15) is 28.9 Å². The van der Waals surface area contributed by atoms with Gasteiger partial charge in [-0.15, -0.1) is 11.3 Å². The predicted octanol–water partition coefficient (Wildman–Crippen LogP) is 3.34. The van der Waals surface area contributed by atoms with E-state index in [0.29, 0.717) is 6.54 Å². The summed E-state index contributed by atoms with van der Waals surface area (Å²) in [4.78, 5) is 12.7. The number of hydrogen-bond donors (Lipinski definition) is 2. The summed E-state index contributed by atoms with van der Waals surface area (Å²) in [5, 5.41) is 7.83. The largest absolute Gasteiger partial charge is 0.375 e. The van der Waals surface area contributed by atoms with E-state index in [2.05, 4.69) is 63.7 Å². The number of aromatic nitrogens is 1. The van der Waals surface area contributed by atoms with Gasteiger partial charge in [-0.25, -0.2) is 9.98 Å². The lowest BCUT2D eigenvalue weighted by molar-refractivity contribution is 0.730. The van der Waals surface area contributed by atoms with E-state index in [4.69, 9.17) is 0 Å². The summed E-state index contributed by atoms with van der Waals surface area (Å²) in [6.45, 7) is 9.61. The second kappa shape index (κ2) is 10.0. The molecule has 0 aliphatic heterocycles. The van der Waals surface area contributed by atoms with E-state index in [9.17, 15) is 0 Å². The van der Waals surface area contributed by atoms with E-state index >= 15 is 0 Å². The number of nitrogens with one attached hydrogen (secondary N) is 2. The molecule has 0 unspecified atom stereocenters. The van der Waals surface area contributed by atoms with Crippen molar-refractivity contribution < 1.29 is 0 Å². The second-order valence-electron chi connectivity index (χ2n) is 5.97. The molecule has 2 aromatic rings. The Morgan fingerprint density at radius 1 is 1.20 bits per heavy atom. The normalized spacial score (nSPS) is 11.4. The minimum Gasteiger partial charge on any atom is -0.375 e. The van der Waals surface area contributed by atoms with Gasteiger partial charge < -0.3 is 15.5 Å².